The van der Waals surface area contributed by atoms with E-state index in [0.29, 0.717) is 17.5 Å². The van der Waals surface area contributed by atoms with E-state index in [0.717, 1.165) is 26.7 Å². The Balaban J connectivity index is 1.60. The Bertz CT molecular complexity index is 922. The van der Waals surface area contributed by atoms with Crippen molar-refractivity contribution in [3.05, 3.63) is 40.5 Å². The number of hydrogen-bond acceptors (Lipinski definition) is 4. The minimum absolute atomic E-state index is 0.119. The summed E-state index contributed by atoms with van der Waals surface area (Å²) < 4.78 is 3.06. The van der Waals surface area contributed by atoms with Crippen LogP contribution in [-0.4, -0.2) is 20.7 Å². The predicted molar refractivity (Wildman–Crippen MR) is 96.7 cm³/mol. The molecule has 1 N–H and O–H groups in total. The number of aryl methyl sites for hydroxylation is 2. The molecule has 1 fully saturated rings. The molecule has 5 nitrogen and oxygen atoms in total. The van der Waals surface area contributed by atoms with Crippen LogP contribution in [0.2, 0.25) is 0 Å². The number of anilines is 1. The van der Waals surface area contributed by atoms with Crippen molar-refractivity contribution in [1.29, 1.82) is 0 Å². The number of amides is 1. The average molecular weight is 340 g/mol. The maximum Gasteiger partial charge on any atom is 0.256 e. The fourth-order valence-electron chi connectivity index (χ4n) is 3.07. The number of carbonyl (C=O) groups is 1. The molecule has 1 unspecified atom stereocenters. The molecule has 2 aromatic heterocycles. The lowest BCUT2D eigenvalue weighted by Gasteiger charge is -2.15. The van der Waals surface area contributed by atoms with Crippen LogP contribution in [0.25, 0.3) is 10.2 Å². The smallest absolute Gasteiger partial charge is 0.256 e. The van der Waals surface area contributed by atoms with Crippen LogP contribution in [-0.2, 0) is 0 Å². The zero-order valence-corrected chi connectivity index (χ0v) is 14.9. The summed E-state index contributed by atoms with van der Waals surface area (Å²) in [6, 6.07) is 7.92. The van der Waals surface area contributed by atoms with Gasteiger partial charge in [0, 0.05) is 11.6 Å². The lowest BCUT2D eigenvalue weighted by molar-refractivity contribution is 0.102. The molecule has 1 amide bonds. The Morgan fingerprint density at radius 1 is 1.33 bits per heavy atom. The van der Waals surface area contributed by atoms with E-state index in [2.05, 4.69) is 22.3 Å². The van der Waals surface area contributed by atoms with Crippen LogP contribution in [0.5, 0.6) is 0 Å². The van der Waals surface area contributed by atoms with Gasteiger partial charge < -0.3 is 5.32 Å². The van der Waals surface area contributed by atoms with Crippen LogP contribution in [0, 0.1) is 19.8 Å². The van der Waals surface area contributed by atoms with Crippen molar-refractivity contribution < 1.29 is 4.79 Å². The minimum atomic E-state index is -0.119. The number of benzene rings is 1. The van der Waals surface area contributed by atoms with Gasteiger partial charge in [-0.1, -0.05) is 0 Å². The molecule has 4 rings (SSSR count). The predicted octanol–water partition coefficient (Wildman–Crippen LogP) is 4.33. The normalized spacial score (nSPS) is 15.6. The minimum Gasteiger partial charge on any atom is -0.307 e. The number of rotatable bonds is 4. The third kappa shape index (κ3) is 2.82. The van der Waals surface area contributed by atoms with Crippen LogP contribution in [0.4, 0.5) is 5.82 Å². The van der Waals surface area contributed by atoms with Crippen LogP contribution < -0.4 is 5.32 Å². The molecule has 1 aromatic carbocycles. The third-order valence-electron chi connectivity index (χ3n) is 4.55. The topological polar surface area (TPSA) is 59.8 Å². The second-order valence-electron chi connectivity index (χ2n) is 6.56. The summed E-state index contributed by atoms with van der Waals surface area (Å²) in [5.41, 5.74) is 2.42. The fraction of sp³-hybridized carbons (Fsp3) is 0.389. The van der Waals surface area contributed by atoms with E-state index in [1.54, 1.807) is 11.3 Å². The van der Waals surface area contributed by atoms with E-state index in [4.69, 9.17) is 0 Å². The number of fused-ring (bicyclic) bond motifs is 1. The highest BCUT2D eigenvalue weighted by molar-refractivity contribution is 7.18. The molecule has 0 aliphatic heterocycles. The zero-order valence-electron chi connectivity index (χ0n) is 14.0. The summed E-state index contributed by atoms with van der Waals surface area (Å²) in [6.45, 7) is 6.10. The number of nitrogens with one attached hydrogen (secondary N) is 1. The van der Waals surface area contributed by atoms with E-state index >= 15 is 0 Å². The Kier molecular flexibility index (Phi) is 3.64. The average Bonchev–Trinajstić information content (AvgIpc) is 3.23. The van der Waals surface area contributed by atoms with Gasteiger partial charge >= 0.3 is 0 Å². The van der Waals surface area contributed by atoms with Gasteiger partial charge in [0.05, 0.1) is 27.0 Å². The second-order valence-corrected chi connectivity index (χ2v) is 7.80. The monoisotopic (exact) mass is 340 g/mol. The largest absolute Gasteiger partial charge is 0.307 e. The Hall–Kier alpha value is -2.21. The number of nitrogens with zero attached hydrogens (tertiary/aromatic N) is 3. The van der Waals surface area contributed by atoms with E-state index in [1.165, 1.54) is 12.8 Å². The molecule has 1 aliphatic rings. The van der Waals surface area contributed by atoms with Crippen molar-refractivity contribution in [3.8, 4) is 0 Å². The Morgan fingerprint density at radius 2 is 2.12 bits per heavy atom. The van der Waals surface area contributed by atoms with E-state index < -0.39 is 0 Å². The van der Waals surface area contributed by atoms with Crippen LogP contribution in [0.3, 0.4) is 0 Å². The summed E-state index contributed by atoms with van der Waals surface area (Å²) in [5, 5.41) is 8.59. The van der Waals surface area contributed by atoms with Gasteiger partial charge in [-0.3, -0.25) is 4.79 Å². The standard InChI is InChI=1S/C18H20N4OS/c1-10-8-17(22(21-10)11(2)13-4-5-13)20-18(23)14-6-7-16-15(9-14)19-12(3)24-16/h6-9,11,13H,4-5H2,1-3H3,(H,20,23). The van der Waals surface area contributed by atoms with Gasteiger partial charge in [0.1, 0.15) is 5.82 Å². The van der Waals surface area contributed by atoms with Gasteiger partial charge in [-0.2, -0.15) is 5.10 Å². The van der Waals surface area contributed by atoms with Gasteiger partial charge in [0.25, 0.3) is 5.91 Å². The van der Waals surface area contributed by atoms with Gasteiger partial charge in [0.2, 0.25) is 0 Å². The quantitative estimate of drug-likeness (QED) is 0.769. The molecule has 0 bridgehead atoms. The van der Waals surface area contributed by atoms with Gasteiger partial charge in [-0.25, -0.2) is 9.67 Å². The molecule has 6 heteroatoms. The highest BCUT2D eigenvalue weighted by Crippen LogP contribution is 2.40. The number of hydrogen-bond donors (Lipinski definition) is 1. The van der Waals surface area contributed by atoms with Crippen LogP contribution >= 0.6 is 11.3 Å². The lowest BCUT2D eigenvalue weighted by Crippen LogP contribution is -2.18. The van der Waals surface area contributed by atoms with Crippen LogP contribution in [0.15, 0.2) is 24.3 Å². The molecular formula is C18H20N4OS. The molecule has 0 saturated heterocycles. The number of thiazole rings is 1. The molecule has 1 saturated carbocycles. The molecule has 24 heavy (non-hydrogen) atoms. The number of carbonyl (C=O) groups excluding carboxylic acids is 1. The molecule has 124 valence electrons. The lowest BCUT2D eigenvalue weighted by atomic mass is 10.2. The molecule has 1 aliphatic carbocycles. The van der Waals surface area contributed by atoms with Crippen molar-refractivity contribution in [1.82, 2.24) is 14.8 Å². The van der Waals surface area contributed by atoms with Crippen molar-refractivity contribution >= 4 is 33.3 Å². The first kappa shape index (κ1) is 15.3. The first-order valence-electron chi connectivity index (χ1n) is 8.26. The first-order valence-corrected chi connectivity index (χ1v) is 9.07. The molecule has 0 spiro atoms. The zero-order chi connectivity index (χ0) is 16.8. The van der Waals surface area contributed by atoms with Crippen LogP contribution in [0.1, 0.15) is 46.9 Å². The summed E-state index contributed by atoms with van der Waals surface area (Å²) in [5.74, 6) is 1.33. The number of aromatic nitrogens is 3. The fourth-order valence-corrected chi connectivity index (χ4v) is 3.88. The SMILES string of the molecule is Cc1cc(NC(=O)c2ccc3sc(C)nc3c2)n(C(C)C2CC2)n1. The molecular weight excluding hydrogens is 320 g/mol. The summed E-state index contributed by atoms with van der Waals surface area (Å²) in [6.07, 6.45) is 2.49. The Labute approximate surface area is 144 Å². The van der Waals surface area contributed by atoms with E-state index in [9.17, 15) is 4.79 Å². The van der Waals surface area contributed by atoms with E-state index in [1.807, 2.05) is 42.8 Å². The summed E-state index contributed by atoms with van der Waals surface area (Å²) in [4.78, 5) is 17.1. The van der Waals surface area contributed by atoms with Crippen molar-refractivity contribution in [3.63, 3.8) is 0 Å². The van der Waals surface area contributed by atoms with Gasteiger partial charge in [-0.05, 0) is 57.7 Å². The summed E-state index contributed by atoms with van der Waals surface area (Å²) >= 11 is 1.64. The van der Waals surface area contributed by atoms with Gasteiger partial charge in [-0.15, -0.1) is 11.3 Å². The van der Waals surface area contributed by atoms with Crippen molar-refractivity contribution in [2.45, 2.75) is 39.7 Å². The highest BCUT2D eigenvalue weighted by Gasteiger charge is 2.31. The third-order valence-corrected chi connectivity index (χ3v) is 5.50. The maximum absolute atomic E-state index is 12.7. The molecule has 1 atom stereocenters. The van der Waals surface area contributed by atoms with Crippen molar-refractivity contribution in [2.75, 3.05) is 5.32 Å². The molecule has 2 heterocycles. The van der Waals surface area contributed by atoms with Crippen molar-refractivity contribution in [2.24, 2.45) is 5.92 Å². The summed E-state index contributed by atoms with van der Waals surface area (Å²) in [7, 11) is 0. The first-order chi connectivity index (χ1) is 11.5. The highest BCUT2D eigenvalue weighted by atomic mass is 32.1. The maximum atomic E-state index is 12.7. The second kappa shape index (κ2) is 5.70. The molecule has 3 aromatic rings. The Morgan fingerprint density at radius 3 is 2.88 bits per heavy atom. The van der Waals surface area contributed by atoms with Gasteiger partial charge in [0.15, 0.2) is 0 Å². The van der Waals surface area contributed by atoms with E-state index in [-0.39, 0.29) is 5.91 Å². The molecule has 0 radical (unpaired) electrons.